The summed E-state index contributed by atoms with van der Waals surface area (Å²) in [6, 6.07) is 10.9. The maximum Gasteiger partial charge on any atom is 0.203 e. The molecule has 22 heavy (non-hydrogen) atoms. The lowest BCUT2D eigenvalue weighted by molar-refractivity contribution is 0.0634. The summed E-state index contributed by atoms with van der Waals surface area (Å²) in [5.74, 6) is 0.210. The standard InChI is InChI=1S/C16H16N4O2/c1-10-8-11(2)18-16-14(10)15(17)20(19-16)22-9-13(21)12-6-4-3-5-7-12/h3-8H,9,17H2,1-2H3. The van der Waals surface area contributed by atoms with Gasteiger partial charge >= 0.3 is 0 Å². The van der Waals surface area contributed by atoms with Crippen molar-refractivity contribution in [1.29, 1.82) is 0 Å². The number of ketones is 1. The molecule has 0 aliphatic carbocycles. The number of carbonyl (C=O) groups is 1. The summed E-state index contributed by atoms with van der Waals surface area (Å²) in [4.78, 5) is 23.0. The number of fused-ring (bicyclic) bond motifs is 1. The molecule has 0 saturated heterocycles. The molecule has 0 amide bonds. The highest BCUT2D eigenvalue weighted by atomic mass is 16.7. The number of pyridine rings is 1. The zero-order chi connectivity index (χ0) is 15.7. The molecule has 0 aliphatic rings. The van der Waals surface area contributed by atoms with E-state index in [1.54, 1.807) is 24.3 Å². The number of anilines is 1. The van der Waals surface area contributed by atoms with E-state index in [-0.39, 0.29) is 12.4 Å². The van der Waals surface area contributed by atoms with Crippen molar-refractivity contribution >= 4 is 22.6 Å². The fourth-order valence-electron chi connectivity index (χ4n) is 2.37. The van der Waals surface area contributed by atoms with Gasteiger partial charge in [-0.2, -0.15) is 0 Å². The molecule has 0 aliphatic heterocycles. The van der Waals surface area contributed by atoms with Crippen molar-refractivity contribution in [3.63, 3.8) is 0 Å². The fraction of sp³-hybridized carbons (Fsp3) is 0.188. The van der Waals surface area contributed by atoms with Crippen LogP contribution in [0.1, 0.15) is 21.6 Å². The van der Waals surface area contributed by atoms with E-state index >= 15 is 0 Å². The van der Waals surface area contributed by atoms with Gasteiger partial charge in [0.1, 0.15) is 0 Å². The lowest BCUT2D eigenvalue weighted by Gasteiger charge is -2.06. The summed E-state index contributed by atoms with van der Waals surface area (Å²) in [6.07, 6.45) is 0. The molecule has 2 N–H and O–H groups in total. The summed E-state index contributed by atoms with van der Waals surface area (Å²) < 4.78 is 0. The largest absolute Gasteiger partial charge is 0.387 e. The van der Waals surface area contributed by atoms with Crippen molar-refractivity contribution < 1.29 is 9.63 Å². The van der Waals surface area contributed by atoms with Crippen molar-refractivity contribution in [3.05, 3.63) is 53.2 Å². The van der Waals surface area contributed by atoms with Gasteiger partial charge in [-0.05, 0) is 25.5 Å². The molecule has 0 saturated carbocycles. The van der Waals surface area contributed by atoms with Gasteiger partial charge in [-0.25, -0.2) is 4.98 Å². The number of benzene rings is 1. The smallest absolute Gasteiger partial charge is 0.203 e. The number of hydrogen-bond donors (Lipinski definition) is 1. The van der Waals surface area contributed by atoms with Gasteiger partial charge < -0.3 is 10.6 Å². The molecule has 1 aromatic carbocycles. The fourth-order valence-corrected chi connectivity index (χ4v) is 2.37. The molecule has 3 aromatic rings. The normalized spacial score (nSPS) is 10.8. The van der Waals surface area contributed by atoms with Crippen LogP contribution in [0.5, 0.6) is 0 Å². The summed E-state index contributed by atoms with van der Waals surface area (Å²) in [7, 11) is 0. The molecule has 2 aromatic heterocycles. The summed E-state index contributed by atoms with van der Waals surface area (Å²) in [5.41, 5.74) is 8.97. The van der Waals surface area contributed by atoms with Crippen LogP contribution in [0.4, 0.5) is 5.82 Å². The molecule has 6 heteroatoms. The van der Waals surface area contributed by atoms with Gasteiger partial charge in [0, 0.05) is 11.3 Å². The van der Waals surface area contributed by atoms with Crippen molar-refractivity contribution in [1.82, 2.24) is 14.9 Å². The van der Waals surface area contributed by atoms with E-state index in [1.165, 1.54) is 4.85 Å². The van der Waals surface area contributed by atoms with Gasteiger partial charge in [-0.3, -0.25) is 4.79 Å². The van der Waals surface area contributed by atoms with Gasteiger partial charge in [0.2, 0.25) is 5.78 Å². The number of rotatable bonds is 4. The predicted molar refractivity (Wildman–Crippen MR) is 83.6 cm³/mol. The third kappa shape index (κ3) is 2.50. The van der Waals surface area contributed by atoms with Crippen LogP contribution in [0, 0.1) is 13.8 Å². The Hall–Kier alpha value is -2.89. The van der Waals surface area contributed by atoms with E-state index in [0.29, 0.717) is 17.0 Å². The maximum atomic E-state index is 12.0. The molecule has 0 radical (unpaired) electrons. The zero-order valence-corrected chi connectivity index (χ0v) is 12.4. The van der Waals surface area contributed by atoms with Crippen molar-refractivity contribution in [3.8, 4) is 0 Å². The van der Waals surface area contributed by atoms with Crippen LogP contribution in [0.25, 0.3) is 11.0 Å². The second kappa shape index (κ2) is 5.48. The minimum absolute atomic E-state index is 0.139. The molecule has 112 valence electrons. The molecule has 0 unspecified atom stereocenters. The number of carbonyl (C=O) groups excluding carboxylic acids is 1. The Balaban J connectivity index is 1.84. The van der Waals surface area contributed by atoms with E-state index in [0.717, 1.165) is 16.6 Å². The second-order valence-electron chi connectivity index (χ2n) is 5.10. The Morgan fingerprint density at radius 1 is 1.27 bits per heavy atom. The van der Waals surface area contributed by atoms with Crippen LogP contribution in [0.3, 0.4) is 0 Å². The van der Waals surface area contributed by atoms with Crippen molar-refractivity contribution in [2.24, 2.45) is 0 Å². The van der Waals surface area contributed by atoms with Crippen LogP contribution < -0.4 is 10.6 Å². The van der Waals surface area contributed by atoms with Gasteiger partial charge in [0.15, 0.2) is 18.1 Å². The Morgan fingerprint density at radius 3 is 2.73 bits per heavy atom. The SMILES string of the molecule is Cc1cc(C)c2c(N)n(OCC(=O)c3ccccc3)nc2n1. The van der Waals surface area contributed by atoms with Gasteiger partial charge in [-0.1, -0.05) is 35.2 Å². The maximum absolute atomic E-state index is 12.0. The number of nitrogens with zero attached hydrogens (tertiary/aromatic N) is 3. The summed E-state index contributed by atoms with van der Waals surface area (Å²) in [5, 5.41) is 4.95. The van der Waals surface area contributed by atoms with Crippen LogP contribution in [-0.4, -0.2) is 27.3 Å². The average molecular weight is 296 g/mol. The number of aryl methyl sites for hydroxylation is 2. The Labute approximate surface area is 127 Å². The highest BCUT2D eigenvalue weighted by Gasteiger charge is 2.15. The Morgan fingerprint density at radius 2 is 2.00 bits per heavy atom. The second-order valence-corrected chi connectivity index (χ2v) is 5.10. The van der Waals surface area contributed by atoms with E-state index in [2.05, 4.69) is 10.1 Å². The van der Waals surface area contributed by atoms with Crippen LogP contribution >= 0.6 is 0 Å². The highest BCUT2D eigenvalue weighted by Crippen LogP contribution is 2.22. The molecule has 0 fully saturated rings. The monoisotopic (exact) mass is 296 g/mol. The molecule has 2 heterocycles. The summed E-state index contributed by atoms with van der Waals surface area (Å²) >= 11 is 0. The lowest BCUT2D eigenvalue weighted by Crippen LogP contribution is -2.22. The molecule has 3 rings (SSSR count). The lowest BCUT2D eigenvalue weighted by atomic mass is 10.1. The minimum Gasteiger partial charge on any atom is -0.387 e. The Kier molecular flexibility index (Phi) is 3.50. The van der Waals surface area contributed by atoms with Crippen molar-refractivity contribution in [2.75, 3.05) is 12.3 Å². The molecule has 6 nitrogen and oxygen atoms in total. The third-order valence-corrected chi connectivity index (χ3v) is 3.39. The van der Waals surface area contributed by atoms with Crippen molar-refractivity contribution in [2.45, 2.75) is 13.8 Å². The first kappa shape index (κ1) is 14.1. The zero-order valence-electron chi connectivity index (χ0n) is 12.4. The van der Waals surface area contributed by atoms with E-state index in [1.807, 2.05) is 26.0 Å². The molecular weight excluding hydrogens is 280 g/mol. The highest BCUT2D eigenvalue weighted by molar-refractivity contribution is 5.97. The molecule has 0 bridgehead atoms. The van der Waals surface area contributed by atoms with Gasteiger partial charge in [0.25, 0.3) is 0 Å². The number of aromatic nitrogens is 3. The third-order valence-electron chi connectivity index (χ3n) is 3.39. The van der Waals surface area contributed by atoms with E-state index in [9.17, 15) is 4.79 Å². The Bertz CT molecular complexity index is 840. The molecule has 0 spiro atoms. The van der Waals surface area contributed by atoms with Crippen LogP contribution in [0.15, 0.2) is 36.4 Å². The van der Waals surface area contributed by atoms with Crippen LogP contribution in [0.2, 0.25) is 0 Å². The molecule has 0 atom stereocenters. The number of hydrogen-bond acceptors (Lipinski definition) is 5. The first-order chi connectivity index (χ1) is 10.6. The predicted octanol–water partition coefficient (Wildman–Crippen LogP) is 1.94. The molecular formula is C16H16N4O2. The first-order valence-electron chi connectivity index (χ1n) is 6.90. The topological polar surface area (TPSA) is 83.0 Å². The number of nitrogen functional groups attached to an aromatic ring is 1. The van der Waals surface area contributed by atoms with Crippen LogP contribution in [-0.2, 0) is 0 Å². The average Bonchev–Trinajstić information content (AvgIpc) is 2.82. The summed E-state index contributed by atoms with van der Waals surface area (Å²) in [6.45, 7) is 3.69. The number of nitrogens with two attached hydrogens (primary N) is 1. The first-order valence-corrected chi connectivity index (χ1v) is 6.90. The number of Topliss-reactive ketones (excluding diaryl/α,β-unsaturated/α-hetero) is 1. The quantitative estimate of drug-likeness (QED) is 0.744. The van der Waals surface area contributed by atoms with E-state index in [4.69, 9.17) is 10.6 Å². The van der Waals surface area contributed by atoms with Gasteiger partial charge in [0.05, 0.1) is 5.39 Å². The van der Waals surface area contributed by atoms with Gasteiger partial charge in [-0.15, -0.1) is 5.10 Å². The van der Waals surface area contributed by atoms with E-state index < -0.39 is 0 Å². The minimum atomic E-state index is -0.139.